The van der Waals surface area contributed by atoms with E-state index in [0.717, 1.165) is 5.39 Å². The first-order valence-corrected chi connectivity index (χ1v) is 7.38. The molecule has 2 heterocycles. The van der Waals surface area contributed by atoms with E-state index in [0.29, 0.717) is 17.9 Å². The predicted octanol–water partition coefficient (Wildman–Crippen LogP) is 2.49. The van der Waals surface area contributed by atoms with Gasteiger partial charge in [0.2, 0.25) is 0 Å². The Labute approximate surface area is 129 Å². The SMILES string of the molecule is CC(C)CC(Nc1ncnc2c1cnn2C(C)(C)C)C(=O)O. The molecule has 0 aliphatic carbocycles. The largest absolute Gasteiger partial charge is 0.480 e. The fourth-order valence-electron chi connectivity index (χ4n) is 2.31. The maximum absolute atomic E-state index is 11.4. The van der Waals surface area contributed by atoms with Gasteiger partial charge in [-0.15, -0.1) is 0 Å². The Kier molecular flexibility index (Phi) is 4.35. The Morgan fingerprint density at radius 3 is 2.59 bits per heavy atom. The topological polar surface area (TPSA) is 92.9 Å². The molecule has 0 bridgehead atoms. The Bertz CT molecular complexity index is 672. The van der Waals surface area contributed by atoms with E-state index in [1.165, 1.54) is 6.33 Å². The molecule has 1 unspecified atom stereocenters. The van der Waals surface area contributed by atoms with Crippen molar-refractivity contribution in [3.05, 3.63) is 12.5 Å². The van der Waals surface area contributed by atoms with E-state index >= 15 is 0 Å². The van der Waals surface area contributed by atoms with Gasteiger partial charge in [0, 0.05) is 0 Å². The van der Waals surface area contributed by atoms with Crippen molar-refractivity contribution in [3.63, 3.8) is 0 Å². The van der Waals surface area contributed by atoms with E-state index < -0.39 is 12.0 Å². The molecule has 0 saturated heterocycles. The molecule has 7 heteroatoms. The zero-order chi connectivity index (χ0) is 16.5. The Morgan fingerprint density at radius 1 is 1.36 bits per heavy atom. The second-order valence-corrected chi connectivity index (χ2v) is 6.85. The number of carboxylic acids is 1. The van der Waals surface area contributed by atoms with Crippen LogP contribution in [0.15, 0.2) is 12.5 Å². The van der Waals surface area contributed by atoms with Crippen LogP contribution in [0.5, 0.6) is 0 Å². The lowest BCUT2D eigenvalue weighted by molar-refractivity contribution is -0.138. The van der Waals surface area contributed by atoms with Gasteiger partial charge in [-0.3, -0.25) is 0 Å². The molecule has 120 valence electrons. The third-order valence-corrected chi connectivity index (χ3v) is 3.32. The summed E-state index contributed by atoms with van der Waals surface area (Å²) in [6.07, 6.45) is 3.63. The quantitative estimate of drug-likeness (QED) is 0.881. The van der Waals surface area contributed by atoms with Crippen LogP contribution in [0.2, 0.25) is 0 Å². The molecule has 0 spiro atoms. The Morgan fingerprint density at radius 2 is 2.05 bits per heavy atom. The van der Waals surface area contributed by atoms with Gasteiger partial charge in [0.1, 0.15) is 18.2 Å². The van der Waals surface area contributed by atoms with Crippen molar-refractivity contribution in [3.8, 4) is 0 Å². The number of nitrogens with zero attached hydrogens (tertiary/aromatic N) is 4. The van der Waals surface area contributed by atoms with Gasteiger partial charge in [-0.2, -0.15) is 5.10 Å². The van der Waals surface area contributed by atoms with Gasteiger partial charge in [0.15, 0.2) is 5.65 Å². The van der Waals surface area contributed by atoms with Crippen molar-refractivity contribution in [1.29, 1.82) is 0 Å². The number of hydrogen-bond acceptors (Lipinski definition) is 5. The third-order valence-electron chi connectivity index (χ3n) is 3.32. The highest BCUT2D eigenvalue weighted by Gasteiger charge is 2.23. The van der Waals surface area contributed by atoms with E-state index in [2.05, 4.69) is 20.4 Å². The Hall–Kier alpha value is -2.18. The van der Waals surface area contributed by atoms with E-state index in [1.807, 2.05) is 39.3 Å². The van der Waals surface area contributed by atoms with E-state index in [1.54, 1.807) is 6.20 Å². The highest BCUT2D eigenvalue weighted by Crippen LogP contribution is 2.25. The molecule has 0 aliphatic rings. The number of nitrogens with one attached hydrogen (secondary N) is 1. The number of anilines is 1. The third kappa shape index (κ3) is 3.35. The van der Waals surface area contributed by atoms with Crippen molar-refractivity contribution in [2.75, 3.05) is 5.32 Å². The van der Waals surface area contributed by atoms with Crippen molar-refractivity contribution in [2.45, 2.75) is 52.6 Å². The summed E-state index contributed by atoms with van der Waals surface area (Å²) in [5.74, 6) is -0.111. The summed E-state index contributed by atoms with van der Waals surface area (Å²) in [5, 5.41) is 17.5. The maximum Gasteiger partial charge on any atom is 0.326 e. The number of carbonyl (C=O) groups is 1. The van der Waals surface area contributed by atoms with Gasteiger partial charge < -0.3 is 10.4 Å². The predicted molar refractivity (Wildman–Crippen MR) is 84.8 cm³/mol. The molecule has 2 aromatic rings. The minimum Gasteiger partial charge on any atom is -0.480 e. The number of fused-ring (bicyclic) bond motifs is 1. The fraction of sp³-hybridized carbons (Fsp3) is 0.600. The molecular weight excluding hydrogens is 282 g/mol. The molecule has 7 nitrogen and oxygen atoms in total. The number of hydrogen-bond donors (Lipinski definition) is 2. The minimum absolute atomic E-state index is 0.211. The fourth-order valence-corrected chi connectivity index (χ4v) is 2.31. The van der Waals surface area contributed by atoms with Crippen molar-refractivity contribution < 1.29 is 9.90 Å². The molecule has 0 fully saturated rings. The molecule has 0 aromatic carbocycles. The molecule has 2 rings (SSSR count). The molecule has 0 aliphatic heterocycles. The first-order chi connectivity index (χ1) is 10.2. The summed E-state index contributed by atoms with van der Waals surface area (Å²) in [5.41, 5.74) is 0.482. The van der Waals surface area contributed by atoms with Crippen LogP contribution in [0.4, 0.5) is 5.82 Å². The Balaban J connectivity index is 2.40. The van der Waals surface area contributed by atoms with Crippen molar-refractivity contribution in [2.24, 2.45) is 5.92 Å². The summed E-state index contributed by atoms with van der Waals surface area (Å²) in [6, 6.07) is -0.684. The minimum atomic E-state index is -0.885. The van der Waals surface area contributed by atoms with Crippen LogP contribution >= 0.6 is 0 Å². The van der Waals surface area contributed by atoms with Crippen molar-refractivity contribution >= 4 is 22.8 Å². The smallest absolute Gasteiger partial charge is 0.326 e. The van der Waals surface area contributed by atoms with Crippen LogP contribution in [0.3, 0.4) is 0 Å². The number of rotatable bonds is 5. The molecule has 0 amide bonds. The van der Waals surface area contributed by atoms with Crippen LogP contribution in [0.25, 0.3) is 11.0 Å². The number of carboxylic acid groups (broad SMARTS) is 1. The van der Waals surface area contributed by atoms with Crippen LogP contribution < -0.4 is 5.32 Å². The summed E-state index contributed by atoms with van der Waals surface area (Å²) in [7, 11) is 0. The van der Waals surface area contributed by atoms with Gasteiger partial charge in [-0.25, -0.2) is 19.4 Å². The second-order valence-electron chi connectivity index (χ2n) is 6.85. The van der Waals surface area contributed by atoms with Crippen LogP contribution in [-0.2, 0) is 10.3 Å². The molecule has 0 radical (unpaired) electrons. The van der Waals surface area contributed by atoms with Gasteiger partial charge in [0.05, 0.1) is 17.1 Å². The monoisotopic (exact) mass is 305 g/mol. The lowest BCUT2D eigenvalue weighted by Crippen LogP contribution is -2.31. The number of aromatic nitrogens is 4. The second kappa shape index (κ2) is 5.90. The highest BCUT2D eigenvalue weighted by molar-refractivity contribution is 5.88. The highest BCUT2D eigenvalue weighted by atomic mass is 16.4. The van der Waals surface area contributed by atoms with Crippen LogP contribution in [0.1, 0.15) is 41.0 Å². The van der Waals surface area contributed by atoms with Gasteiger partial charge in [-0.05, 0) is 33.1 Å². The zero-order valence-corrected chi connectivity index (χ0v) is 13.7. The summed E-state index contributed by atoms with van der Waals surface area (Å²) < 4.78 is 1.81. The number of aliphatic carboxylic acids is 1. The molecule has 1 atom stereocenters. The average Bonchev–Trinajstić information content (AvgIpc) is 2.81. The first-order valence-electron chi connectivity index (χ1n) is 7.38. The lowest BCUT2D eigenvalue weighted by atomic mass is 10.0. The van der Waals surface area contributed by atoms with Gasteiger partial charge in [-0.1, -0.05) is 13.8 Å². The maximum atomic E-state index is 11.4. The molecule has 0 saturated carbocycles. The average molecular weight is 305 g/mol. The van der Waals surface area contributed by atoms with E-state index in [4.69, 9.17) is 0 Å². The summed E-state index contributed by atoms with van der Waals surface area (Å²) >= 11 is 0. The molecule has 2 N–H and O–H groups in total. The normalized spacial score (nSPS) is 13.5. The van der Waals surface area contributed by atoms with Crippen LogP contribution in [0, 0.1) is 5.92 Å². The van der Waals surface area contributed by atoms with Gasteiger partial charge >= 0.3 is 5.97 Å². The van der Waals surface area contributed by atoms with Crippen LogP contribution in [-0.4, -0.2) is 36.9 Å². The standard InChI is InChI=1S/C15H23N5O2/c1-9(2)6-11(14(21)22)19-12-10-7-18-20(15(3,4)5)13(10)17-8-16-12/h7-9,11H,6H2,1-5H3,(H,21,22)(H,16,17,19). The van der Waals surface area contributed by atoms with Crippen molar-refractivity contribution in [1.82, 2.24) is 19.7 Å². The molecular formula is C15H23N5O2. The summed E-state index contributed by atoms with van der Waals surface area (Å²) in [6.45, 7) is 10.1. The van der Waals surface area contributed by atoms with E-state index in [-0.39, 0.29) is 11.5 Å². The zero-order valence-electron chi connectivity index (χ0n) is 13.7. The first kappa shape index (κ1) is 16.2. The van der Waals surface area contributed by atoms with E-state index in [9.17, 15) is 9.90 Å². The van der Waals surface area contributed by atoms with Gasteiger partial charge in [0.25, 0.3) is 0 Å². The lowest BCUT2D eigenvalue weighted by Gasteiger charge is -2.20. The molecule has 22 heavy (non-hydrogen) atoms. The molecule has 2 aromatic heterocycles. The summed E-state index contributed by atoms with van der Waals surface area (Å²) in [4.78, 5) is 19.9.